The molecule has 1 aliphatic heterocycles. The summed E-state index contributed by atoms with van der Waals surface area (Å²) in [5, 5.41) is 4.75. The molecule has 2 aliphatic rings. The van der Waals surface area contributed by atoms with Crippen molar-refractivity contribution in [3.8, 4) is 0 Å². The zero-order valence-corrected chi connectivity index (χ0v) is 20.4. The standard InChI is InChI=1S/C24H33F3N4O3/c1-14-10-19(20-12-30(15(2)13-33-20)22(32)34-23(3,4)5)31-21(28-14)11-18(29-31)16-6-8-17(9-7-16)24(25,26)27/h10-11,15-17,20H,6-9,12-13H2,1-5H3/t15-,16-,17-,20-/m0/s1. The maximum atomic E-state index is 13.1. The summed E-state index contributed by atoms with van der Waals surface area (Å²) in [6, 6.07) is 3.62. The molecule has 0 bridgehead atoms. The van der Waals surface area contributed by atoms with Crippen LogP contribution in [0.3, 0.4) is 0 Å². The molecule has 0 unspecified atom stereocenters. The number of aromatic nitrogens is 3. The largest absolute Gasteiger partial charge is 0.444 e. The van der Waals surface area contributed by atoms with Crippen molar-refractivity contribution in [3.63, 3.8) is 0 Å². The number of ether oxygens (including phenoxy) is 2. The van der Waals surface area contributed by atoms with Crippen molar-refractivity contribution in [1.29, 1.82) is 0 Å². The minimum absolute atomic E-state index is 0.0287. The van der Waals surface area contributed by atoms with Gasteiger partial charge in [0.05, 0.1) is 36.5 Å². The normalized spacial score (nSPS) is 26.6. The Hall–Kier alpha value is -2.36. The summed E-state index contributed by atoms with van der Waals surface area (Å²) in [7, 11) is 0. The van der Waals surface area contributed by atoms with Gasteiger partial charge < -0.3 is 14.4 Å². The first-order valence-electron chi connectivity index (χ1n) is 11.9. The van der Waals surface area contributed by atoms with E-state index in [1.165, 1.54) is 0 Å². The molecule has 2 fully saturated rings. The average Bonchev–Trinajstić information content (AvgIpc) is 3.15. The molecule has 0 radical (unpaired) electrons. The van der Waals surface area contributed by atoms with Crippen LogP contribution in [0.4, 0.5) is 18.0 Å². The molecule has 1 amide bonds. The van der Waals surface area contributed by atoms with Crippen LogP contribution in [0.5, 0.6) is 0 Å². The number of aryl methyl sites for hydroxylation is 1. The first kappa shape index (κ1) is 24.8. The number of fused-ring (bicyclic) bond motifs is 1. The van der Waals surface area contributed by atoms with Gasteiger partial charge in [-0.3, -0.25) is 0 Å². The third-order valence-corrected chi connectivity index (χ3v) is 6.60. The van der Waals surface area contributed by atoms with Gasteiger partial charge >= 0.3 is 12.3 Å². The Morgan fingerprint density at radius 1 is 1.15 bits per heavy atom. The van der Waals surface area contributed by atoms with E-state index in [2.05, 4.69) is 4.98 Å². The first-order chi connectivity index (χ1) is 15.8. The molecule has 7 nitrogen and oxygen atoms in total. The van der Waals surface area contributed by atoms with Crippen LogP contribution in [0.1, 0.15) is 82.5 Å². The zero-order chi connectivity index (χ0) is 24.8. The highest BCUT2D eigenvalue weighted by Crippen LogP contribution is 2.42. The Kier molecular flexibility index (Phi) is 6.56. The topological polar surface area (TPSA) is 69.0 Å². The number of hydrogen-bond donors (Lipinski definition) is 0. The highest BCUT2D eigenvalue weighted by Gasteiger charge is 2.42. The van der Waals surface area contributed by atoms with Gasteiger partial charge in [-0.1, -0.05) is 0 Å². The number of morpholine rings is 1. The molecule has 1 saturated heterocycles. The van der Waals surface area contributed by atoms with Crippen LogP contribution in [0, 0.1) is 12.8 Å². The Morgan fingerprint density at radius 3 is 2.44 bits per heavy atom. The van der Waals surface area contributed by atoms with Crippen LogP contribution in [0.25, 0.3) is 5.65 Å². The fourth-order valence-electron chi connectivity index (χ4n) is 4.80. The molecule has 1 aliphatic carbocycles. The highest BCUT2D eigenvalue weighted by molar-refractivity contribution is 5.68. The smallest absolute Gasteiger partial charge is 0.410 e. The van der Waals surface area contributed by atoms with E-state index >= 15 is 0 Å². The quantitative estimate of drug-likeness (QED) is 0.560. The van der Waals surface area contributed by atoms with Crippen LogP contribution in [0.15, 0.2) is 12.1 Å². The molecule has 0 N–H and O–H groups in total. The molecule has 4 rings (SSSR count). The third-order valence-electron chi connectivity index (χ3n) is 6.60. The van der Waals surface area contributed by atoms with Gasteiger partial charge in [-0.05, 0) is 66.4 Å². The highest BCUT2D eigenvalue weighted by atomic mass is 19.4. The van der Waals surface area contributed by atoms with E-state index in [9.17, 15) is 18.0 Å². The lowest BCUT2D eigenvalue weighted by molar-refractivity contribution is -0.182. The van der Waals surface area contributed by atoms with Crippen molar-refractivity contribution in [3.05, 3.63) is 29.2 Å². The molecule has 10 heteroatoms. The van der Waals surface area contributed by atoms with Crippen molar-refractivity contribution < 1.29 is 27.4 Å². The van der Waals surface area contributed by atoms with Crippen LogP contribution in [-0.2, 0) is 9.47 Å². The fraction of sp³-hybridized carbons (Fsp3) is 0.708. The second-order valence-electron chi connectivity index (χ2n) is 10.6. The fourth-order valence-corrected chi connectivity index (χ4v) is 4.80. The van der Waals surface area contributed by atoms with Gasteiger partial charge in [0, 0.05) is 17.7 Å². The minimum Gasteiger partial charge on any atom is -0.444 e. The van der Waals surface area contributed by atoms with Crippen LogP contribution in [-0.4, -0.2) is 56.6 Å². The molecule has 2 aromatic heterocycles. The number of nitrogens with zero attached hydrogens (tertiary/aromatic N) is 4. The van der Waals surface area contributed by atoms with Gasteiger partial charge in [-0.2, -0.15) is 18.3 Å². The molecule has 0 spiro atoms. The van der Waals surface area contributed by atoms with Gasteiger partial charge in [0.2, 0.25) is 0 Å². The van der Waals surface area contributed by atoms with Gasteiger partial charge in [0.25, 0.3) is 0 Å². The van der Waals surface area contributed by atoms with Gasteiger partial charge in [0.1, 0.15) is 11.7 Å². The van der Waals surface area contributed by atoms with Gasteiger partial charge in [-0.15, -0.1) is 0 Å². The third kappa shape index (κ3) is 5.31. The van der Waals surface area contributed by atoms with E-state index in [0.717, 1.165) is 17.1 Å². The summed E-state index contributed by atoms with van der Waals surface area (Å²) < 4.78 is 52.6. The van der Waals surface area contributed by atoms with Crippen molar-refractivity contribution in [2.24, 2.45) is 5.92 Å². The number of hydrogen-bond acceptors (Lipinski definition) is 5. The molecular weight excluding hydrogens is 449 g/mol. The second-order valence-corrected chi connectivity index (χ2v) is 10.6. The lowest BCUT2D eigenvalue weighted by Crippen LogP contribution is -2.50. The van der Waals surface area contributed by atoms with Crippen molar-refractivity contribution in [1.82, 2.24) is 19.5 Å². The predicted octanol–water partition coefficient (Wildman–Crippen LogP) is 5.57. The van der Waals surface area contributed by atoms with Gasteiger partial charge in [0.15, 0.2) is 5.65 Å². The maximum Gasteiger partial charge on any atom is 0.410 e. The van der Waals surface area contributed by atoms with E-state index < -0.39 is 29.9 Å². The summed E-state index contributed by atoms with van der Waals surface area (Å²) in [6.07, 6.45) is -3.81. The lowest BCUT2D eigenvalue weighted by atomic mass is 9.80. The summed E-state index contributed by atoms with van der Waals surface area (Å²) in [4.78, 5) is 19.0. The number of carbonyl (C=O) groups excluding carboxylic acids is 1. The number of carbonyl (C=O) groups is 1. The Bertz CT molecular complexity index is 1040. The number of amides is 1. The van der Waals surface area contributed by atoms with E-state index in [0.29, 0.717) is 31.6 Å². The second kappa shape index (κ2) is 9.02. The lowest BCUT2D eigenvalue weighted by Gasteiger charge is -2.38. The Morgan fingerprint density at radius 2 is 1.82 bits per heavy atom. The van der Waals surface area contributed by atoms with Crippen molar-refractivity contribution >= 4 is 11.7 Å². The molecule has 34 heavy (non-hydrogen) atoms. The summed E-state index contributed by atoms with van der Waals surface area (Å²) in [5.74, 6) is -1.26. The molecule has 3 heterocycles. The van der Waals surface area contributed by atoms with Crippen LogP contribution >= 0.6 is 0 Å². The number of alkyl halides is 3. The van der Waals surface area contributed by atoms with Crippen LogP contribution < -0.4 is 0 Å². The first-order valence-corrected chi connectivity index (χ1v) is 11.9. The zero-order valence-electron chi connectivity index (χ0n) is 20.4. The molecule has 188 valence electrons. The minimum atomic E-state index is -4.13. The SMILES string of the molecule is Cc1cc([C@@H]2CN(C(=O)OC(C)(C)C)[C@@H](C)CO2)n2nc([C@H]3CC[C@H](C(F)(F)F)CC3)cc2n1. The Balaban J connectivity index is 1.57. The monoisotopic (exact) mass is 482 g/mol. The molecule has 1 saturated carbocycles. The van der Waals surface area contributed by atoms with Crippen molar-refractivity contribution in [2.75, 3.05) is 13.2 Å². The number of halogens is 3. The summed E-state index contributed by atoms with van der Waals surface area (Å²) in [5.41, 5.74) is 2.33. The van der Waals surface area contributed by atoms with E-state index in [4.69, 9.17) is 14.6 Å². The van der Waals surface area contributed by atoms with Crippen LogP contribution in [0.2, 0.25) is 0 Å². The van der Waals surface area contributed by atoms with Crippen molar-refractivity contribution in [2.45, 2.75) is 90.1 Å². The van der Waals surface area contributed by atoms with E-state index in [1.807, 2.05) is 46.8 Å². The van der Waals surface area contributed by atoms with E-state index in [1.54, 1.807) is 9.42 Å². The molecule has 2 aromatic rings. The average molecular weight is 483 g/mol. The Labute approximate surface area is 197 Å². The number of rotatable bonds is 2. The van der Waals surface area contributed by atoms with E-state index in [-0.39, 0.29) is 24.8 Å². The summed E-state index contributed by atoms with van der Waals surface area (Å²) >= 11 is 0. The molecular formula is C24H33F3N4O3. The molecule has 2 atom stereocenters. The summed E-state index contributed by atoms with van der Waals surface area (Å²) in [6.45, 7) is 9.94. The van der Waals surface area contributed by atoms with Gasteiger partial charge in [-0.25, -0.2) is 14.3 Å². The maximum absolute atomic E-state index is 13.1. The molecule has 0 aromatic carbocycles. The predicted molar refractivity (Wildman–Crippen MR) is 120 cm³/mol.